The van der Waals surface area contributed by atoms with Gasteiger partial charge in [-0.15, -0.1) is 11.6 Å². The lowest BCUT2D eigenvalue weighted by Gasteiger charge is -2.22. The van der Waals surface area contributed by atoms with Crippen molar-refractivity contribution < 1.29 is 9.18 Å². The summed E-state index contributed by atoms with van der Waals surface area (Å²) in [6, 6.07) is 7.89. The standard InChI is InChI=1S/C13H14ClFN2O/c1-10(14)13(18)17(8-2-7-16)9-11-3-5-12(15)6-4-11/h3-6,10H,2,8-9H2,1H3. The second-order valence-corrected chi connectivity index (χ2v) is 4.57. The molecule has 0 radical (unpaired) electrons. The van der Waals surface area contributed by atoms with Gasteiger partial charge in [-0.25, -0.2) is 4.39 Å². The third-order valence-electron chi connectivity index (χ3n) is 2.43. The first-order chi connectivity index (χ1) is 8.54. The second-order valence-electron chi connectivity index (χ2n) is 3.91. The number of amides is 1. The molecule has 0 aliphatic heterocycles. The Balaban J connectivity index is 2.75. The number of nitrogens with zero attached hydrogens (tertiary/aromatic N) is 2. The summed E-state index contributed by atoms with van der Waals surface area (Å²) < 4.78 is 12.8. The van der Waals surface area contributed by atoms with Gasteiger partial charge in [0.25, 0.3) is 0 Å². The summed E-state index contributed by atoms with van der Waals surface area (Å²) in [5, 5.41) is 7.93. The highest BCUT2D eigenvalue weighted by molar-refractivity contribution is 6.30. The smallest absolute Gasteiger partial charge is 0.240 e. The van der Waals surface area contributed by atoms with Crippen molar-refractivity contribution in [3.8, 4) is 6.07 Å². The number of carbonyl (C=O) groups excluding carboxylic acids is 1. The second kappa shape index (κ2) is 6.97. The van der Waals surface area contributed by atoms with Crippen LogP contribution in [0.3, 0.4) is 0 Å². The normalized spacial score (nSPS) is 11.7. The van der Waals surface area contributed by atoms with E-state index < -0.39 is 5.38 Å². The van der Waals surface area contributed by atoms with Crippen molar-refractivity contribution in [3.63, 3.8) is 0 Å². The molecule has 1 unspecified atom stereocenters. The molecule has 1 aromatic rings. The van der Waals surface area contributed by atoms with E-state index >= 15 is 0 Å². The third kappa shape index (κ3) is 4.34. The molecule has 0 N–H and O–H groups in total. The number of hydrogen-bond donors (Lipinski definition) is 0. The molecule has 18 heavy (non-hydrogen) atoms. The molecule has 0 saturated carbocycles. The van der Waals surface area contributed by atoms with Gasteiger partial charge in [-0.05, 0) is 24.6 Å². The van der Waals surface area contributed by atoms with Crippen molar-refractivity contribution in [2.75, 3.05) is 6.54 Å². The molecule has 0 aromatic heterocycles. The monoisotopic (exact) mass is 268 g/mol. The van der Waals surface area contributed by atoms with Crippen molar-refractivity contribution in [2.24, 2.45) is 0 Å². The molecular weight excluding hydrogens is 255 g/mol. The van der Waals surface area contributed by atoms with E-state index in [1.54, 1.807) is 19.1 Å². The number of halogens is 2. The summed E-state index contributed by atoms with van der Waals surface area (Å²) in [4.78, 5) is 13.3. The fourth-order valence-corrected chi connectivity index (χ4v) is 1.65. The van der Waals surface area contributed by atoms with Crippen LogP contribution in [0.2, 0.25) is 0 Å². The maximum atomic E-state index is 12.8. The Morgan fingerprint density at radius 2 is 2.11 bits per heavy atom. The van der Waals surface area contributed by atoms with E-state index in [1.165, 1.54) is 17.0 Å². The van der Waals surface area contributed by atoms with E-state index in [4.69, 9.17) is 16.9 Å². The SMILES string of the molecule is CC(Cl)C(=O)N(CCC#N)Cc1ccc(F)cc1. The largest absolute Gasteiger partial charge is 0.336 e. The maximum absolute atomic E-state index is 12.8. The number of benzene rings is 1. The lowest BCUT2D eigenvalue weighted by atomic mass is 10.2. The van der Waals surface area contributed by atoms with E-state index in [0.29, 0.717) is 13.1 Å². The van der Waals surface area contributed by atoms with Crippen LogP contribution in [0.25, 0.3) is 0 Å². The Bertz CT molecular complexity index is 439. The zero-order valence-corrected chi connectivity index (χ0v) is 10.8. The number of nitriles is 1. The average Bonchev–Trinajstić information content (AvgIpc) is 2.35. The average molecular weight is 269 g/mol. The van der Waals surface area contributed by atoms with E-state index in [2.05, 4.69) is 0 Å². The van der Waals surface area contributed by atoms with Gasteiger partial charge in [0, 0.05) is 13.1 Å². The molecule has 0 bridgehead atoms. The Morgan fingerprint density at radius 1 is 1.50 bits per heavy atom. The summed E-state index contributed by atoms with van der Waals surface area (Å²) in [5.41, 5.74) is 0.806. The fraction of sp³-hybridized carbons (Fsp3) is 0.385. The van der Waals surface area contributed by atoms with Gasteiger partial charge in [0.15, 0.2) is 0 Å². The van der Waals surface area contributed by atoms with Crippen molar-refractivity contribution in [2.45, 2.75) is 25.3 Å². The Morgan fingerprint density at radius 3 is 2.61 bits per heavy atom. The van der Waals surface area contributed by atoms with Crippen LogP contribution in [-0.4, -0.2) is 22.7 Å². The van der Waals surface area contributed by atoms with Crippen LogP contribution in [0.1, 0.15) is 18.9 Å². The van der Waals surface area contributed by atoms with Gasteiger partial charge in [0.2, 0.25) is 5.91 Å². The van der Waals surface area contributed by atoms with Gasteiger partial charge < -0.3 is 4.90 Å². The van der Waals surface area contributed by atoms with Gasteiger partial charge in [-0.2, -0.15) is 5.26 Å². The van der Waals surface area contributed by atoms with Gasteiger partial charge in [-0.1, -0.05) is 12.1 Å². The Kier molecular flexibility index (Phi) is 5.60. The molecule has 1 rings (SSSR count). The quantitative estimate of drug-likeness (QED) is 0.771. The van der Waals surface area contributed by atoms with E-state index in [0.717, 1.165) is 5.56 Å². The zero-order valence-electron chi connectivity index (χ0n) is 10.1. The number of hydrogen-bond acceptors (Lipinski definition) is 2. The number of alkyl halides is 1. The predicted molar refractivity (Wildman–Crippen MR) is 67.4 cm³/mol. The highest BCUT2D eigenvalue weighted by Gasteiger charge is 2.18. The predicted octanol–water partition coefficient (Wildman–Crippen LogP) is 2.70. The molecule has 0 aliphatic carbocycles. The van der Waals surface area contributed by atoms with Crippen LogP contribution in [0.4, 0.5) is 4.39 Å². The van der Waals surface area contributed by atoms with Crippen molar-refractivity contribution in [3.05, 3.63) is 35.6 Å². The first-order valence-corrected chi connectivity index (χ1v) is 6.02. The molecule has 5 heteroatoms. The molecular formula is C13H14ClFN2O. The van der Waals surface area contributed by atoms with Crippen molar-refractivity contribution >= 4 is 17.5 Å². The molecule has 0 spiro atoms. The third-order valence-corrected chi connectivity index (χ3v) is 2.62. The van der Waals surface area contributed by atoms with E-state index in [-0.39, 0.29) is 18.1 Å². The van der Waals surface area contributed by atoms with Gasteiger partial charge in [0.05, 0.1) is 12.5 Å². The first-order valence-electron chi connectivity index (χ1n) is 5.59. The zero-order chi connectivity index (χ0) is 13.5. The number of rotatable bonds is 5. The van der Waals surface area contributed by atoms with Crippen LogP contribution in [-0.2, 0) is 11.3 Å². The Hall–Kier alpha value is -1.60. The summed E-state index contributed by atoms with van der Waals surface area (Å²) in [7, 11) is 0. The van der Waals surface area contributed by atoms with Crippen LogP contribution < -0.4 is 0 Å². The van der Waals surface area contributed by atoms with E-state index in [9.17, 15) is 9.18 Å². The molecule has 3 nitrogen and oxygen atoms in total. The van der Waals surface area contributed by atoms with Crippen LogP contribution in [0.15, 0.2) is 24.3 Å². The minimum Gasteiger partial charge on any atom is -0.336 e. The topological polar surface area (TPSA) is 44.1 Å². The highest BCUT2D eigenvalue weighted by Crippen LogP contribution is 2.10. The van der Waals surface area contributed by atoms with Gasteiger partial charge >= 0.3 is 0 Å². The summed E-state index contributed by atoms with van der Waals surface area (Å²) in [5.74, 6) is -0.546. The summed E-state index contributed by atoms with van der Waals surface area (Å²) in [6.45, 7) is 2.25. The van der Waals surface area contributed by atoms with Crippen LogP contribution >= 0.6 is 11.6 Å². The summed E-state index contributed by atoms with van der Waals surface area (Å²) >= 11 is 5.76. The molecule has 0 saturated heterocycles. The molecule has 1 atom stereocenters. The van der Waals surface area contributed by atoms with E-state index in [1.807, 2.05) is 6.07 Å². The van der Waals surface area contributed by atoms with Crippen molar-refractivity contribution in [1.82, 2.24) is 4.90 Å². The molecule has 96 valence electrons. The first kappa shape index (κ1) is 14.5. The lowest BCUT2D eigenvalue weighted by Crippen LogP contribution is -2.35. The minimum atomic E-state index is -0.635. The highest BCUT2D eigenvalue weighted by atomic mass is 35.5. The Labute approximate surface area is 111 Å². The lowest BCUT2D eigenvalue weighted by molar-refractivity contribution is -0.131. The molecule has 0 fully saturated rings. The van der Waals surface area contributed by atoms with Crippen LogP contribution in [0.5, 0.6) is 0 Å². The summed E-state index contributed by atoms with van der Waals surface area (Å²) in [6.07, 6.45) is 0.247. The molecule has 1 aromatic carbocycles. The maximum Gasteiger partial charge on any atom is 0.240 e. The van der Waals surface area contributed by atoms with Gasteiger partial charge in [0.1, 0.15) is 11.2 Å². The van der Waals surface area contributed by atoms with Gasteiger partial charge in [-0.3, -0.25) is 4.79 Å². The van der Waals surface area contributed by atoms with Crippen LogP contribution in [0, 0.1) is 17.1 Å². The fourth-order valence-electron chi connectivity index (χ4n) is 1.51. The van der Waals surface area contributed by atoms with Crippen molar-refractivity contribution in [1.29, 1.82) is 5.26 Å². The minimum absolute atomic E-state index is 0.226. The molecule has 0 aliphatic rings. The number of carbonyl (C=O) groups is 1. The molecule has 0 heterocycles. The molecule has 1 amide bonds.